The molecule has 4 heteroatoms. The molecule has 1 fully saturated rings. The predicted octanol–water partition coefficient (Wildman–Crippen LogP) is 2.09. The number of rotatable bonds is 6. The molecule has 3 nitrogen and oxygen atoms in total. The predicted molar refractivity (Wildman–Crippen MR) is 69.6 cm³/mol. The highest BCUT2D eigenvalue weighted by atomic mass is 35.5. The van der Waals surface area contributed by atoms with Crippen LogP contribution >= 0.6 is 12.4 Å². The first-order valence-corrected chi connectivity index (χ1v) is 6.01. The quantitative estimate of drug-likeness (QED) is 0.756. The highest BCUT2D eigenvalue weighted by Crippen LogP contribution is 2.51. The molecule has 1 rings (SSSR count). The Balaban J connectivity index is 0.00000225. The van der Waals surface area contributed by atoms with Gasteiger partial charge in [-0.05, 0) is 18.3 Å². The van der Waals surface area contributed by atoms with Gasteiger partial charge in [-0.1, -0.05) is 33.6 Å². The minimum Gasteiger partial charge on any atom is -0.352 e. The number of amides is 1. The summed E-state index contributed by atoms with van der Waals surface area (Å²) in [6, 6.07) is 0.175. The number of carbonyl (C=O) groups is 1. The third-order valence-electron chi connectivity index (χ3n) is 3.37. The summed E-state index contributed by atoms with van der Waals surface area (Å²) in [6.45, 7) is 6.99. The Morgan fingerprint density at radius 3 is 2.50 bits per heavy atom. The van der Waals surface area contributed by atoms with Crippen molar-refractivity contribution in [3.05, 3.63) is 0 Å². The summed E-state index contributed by atoms with van der Waals surface area (Å²) in [5.41, 5.74) is 5.85. The van der Waals surface area contributed by atoms with Crippen LogP contribution in [0, 0.1) is 11.3 Å². The Morgan fingerprint density at radius 2 is 2.12 bits per heavy atom. The molecule has 3 N–H and O–H groups in total. The summed E-state index contributed by atoms with van der Waals surface area (Å²) in [4.78, 5) is 11.8. The Labute approximate surface area is 105 Å². The smallest absolute Gasteiger partial charge is 0.223 e. The van der Waals surface area contributed by atoms with Gasteiger partial charge in [0.05, 0.1) is 0 Å². The highest BCUT2D eigenvalue weighted by Gasteiger charge is 2.50. The van der Waals surface area contributed by atoms with Gasteiger partial charge in [-0.2, -0.15) is 0 Å². The lowest BCUT2D eigenvalue weighted by atomic mass is 10.1. The summed E-state index contributed by atoms with van der Waals surface area (Å²) in [6.07, 6.45) is 4.31. The monoisotopic (exact) mass is 248 g/mol. The Bertz CT molecular complexity index is 231. The molecule has 0 spiro atoms. The first-order valence-electron chi connectivity index (χ1n) is 6.01. The Hall–Kier alpha value is -0.280. The van der Waals surface area contributed by atoms with Gasteiger partial charge in [-0.25, -0.2) is 0 Å². The molecular formula is C12H25ClN2O. The lowest BCUT2D eigenvalue weighted by molar-refractivity contribution is -0.123. The zero-order valence-electron chi connectivity index (χ0n) is 10.6. The van der Waals surface area contributed by atoms with Crippen LogP contribution in [0.2, 0.25) is 0 Å². The van der Waals surface area contributed by atoms with Crippen molar-refractivity contribution >= 4 is 18.3 Å². The van der Waals surface area contributed by atoms with Crippen LogP contribution in [0.4, 0.5) is 0 Å². The van der Waals surface area contributed by atoms with E-state index in [2.05, 4.69) is 26.1 Å². The zero-order chi connectivity index (χ0) is 11.5. The zero-order valence-corrected chi connectivity index (χ0v) is 11.4. The van der Waals surface area contributed by atoms with E-state index in [1.165, 1.54) is 0 Å². The molecule has 0 saturated heterocycles. The van der Waals surface area contributed by atoms with E-state index in [1.54, 1.807) is 0 Å². The van der Waals surface area contributed by atoms with Crippen molar-refractivity contribution in [2.75, 3.05) is 6.54 Å². The molecule has 1 amide bonds. The maximum absolute atomic E-state index is 11.8. The number of halogens is 1. The second-order valence-corrected chi connectivity index (χ2v) is 5.33. The number of hydrogen-bond acceptors (Lipinski definition) is 2. The number of nitrogens with one attached hydrogen (secondary N) is 1. The maximum atomic E-state index is 11.8. The van der Waals surface area contributed by atoms with Crippen LogP contribution in [-0.2, 0) is 4.79 Å². The molecule has 0 aromatic rings. The van der Waals surface area contributed by atoms with Gasteiger partial charge in [-0.15, -0.1) is 12.4 Å². The second kappa shape index (κ2) is 6.45. The summed E-state index contributed by atoms with van der Waals surface area (Å²) in [5, 5.41) is 3.06. The Kier molecular flexibility index (Phi) is 6.34. The lowest BCUT2D eigenvalue weighted by Crippen LogP contribution is -2.41. The van der Waals surface area contributed by atoms with E-state index in [0.717, 1.165) is 25.7 Å². The van der Waals surface area contributed by atoms with Gasteiger partial charge in [-0.3, -0.25) is 4.79 Å². The standard InChI is InChI=1S/C12H24N2O.ClH/c1-4-5-6-9(8-13)14-11(15)10-7-12(10,2)3;/h9-10H,4-8,13H2,1-3H3,(H,14,15);1H. The van der Waals surface area contributed by atoms with Crippen molar-refractivity contribution in [2.24, 2.45) is 17.1 Å². The summed E-state index contributed by atoms with van der Waals surface area (Å²) >= 11 is 0. The van der Waals surface area contributed by atoms with Crippen molar-refractivity contribution in [2.45, 2.75) is 52.5 Å². The first kappa shape index (κ1) is 15.7. The Morgan fingerprint density at radius 1 is 1.56 bits per heavy atom. The fourth-order valence-corrected chi connectivity index (χ4v) is 1.92. The van der Waals surface area contributed by atoms with E-state index >= 15 is 0 Å². The van der Waals surface area contributed by atoms with Gasteiger partial charge in [0.15, 0.2) is 0 Å². The fraction of sp³-hybridized carbons (Fsp3) is 0.917. The molecule has 2 atom stereocenters. The topological polar surface area (TPSA) is 55.1 Å². The van der Waals surface area contributed by atoms with Crippen molar-refractivity contribution in [3.8, 4) is 0 Å². The summed E-state index contributed by atoms with van der Waals surface area (Å²) < 4.78 is 0. The average Bonchev–Trinajstić information content (AvgIpc) is 2.82. The molecule has 0 aliphatic heterocycles. The molecule has 0 radical (unpaired) electrons. The molecule has 2 unspecified atom stereocenters. The van der Waals surface area contributed by atoms with Gasteiger partial charge in [0.2, 0.25) is 5.91 Å². The molecule has 16 heavy (non-hydrogen) atoms. The lowest BCUT2D eigenvalue weighted by Gasteiger charge is -2.17. The van der Waals surface area contributed by atoms with Crippen LogP contribution in [0.3, 0.4) is 0 Å². The summed E-state index contributed by atoms with van der Waals surface area (Å²) in [7, 11) is 0. The molecule has 96 valence electrons. The van der Waals surface area contributed by atoms with Crippen molar-refractivity contribution < 1.29 is 4.79 Å². The van der Waals surface area contributed by atoms with Gasteiger partial charge in [0, 0.05) is 18.5 Å². The SMILES string of the molecule is CCCCC(CN)NC(=O)C1CC1(C)C.Cl. The van der Waals surface area contributed by atoms with Crippen LogP contribution in [0.1, 0.15) is 46.5 Å². The third kappa shape index (κ3) is 4.30. The van der Waals surface area contributed by atoms with Crippen molar-refractivity contribution in [3.63, 3.8) is 0 Å². The second-order valence-electron chi connectivity index (χ2n) is 5.33. The highest BCUT2D eigenvalue weighted by molar-refractivity contribution is 5.85. The van der Waals surface area contributed by atoms with Gasteiger partial charge in [0.25, 0.3) is 0 Å². The van der Waals surface area contributed by atoms with Crippen LogP contribution in [0.25, 0.3) is 0 Å². The van der Waals surface area contributed by atoms with E-state index < -0.39 is 0 Å². The first-order chi connectivity index (χ1) is 7.01. The van der Waals surface area contributed by atoms with Crippen molar-refractivity contribution in [1.82, 2.24) is 5.32 Å². The average molecular weight is 249 g/mol. The van der Waals surface area contributed by atoms with Crippen LogP contribution in [0.5, 0.6) is 0 Å². The number of nitrogens with two attached hydrogens (primary N) is 1. The number of carbonyl (C=O) groups excluding carboxylic acids is 1. The minimum atomic E-state index is 0. The van der Waals surface area contributed by atoms with Crippen molar-refractivity contribution in [1.29, 1.82) is 0 Å². The molecular weight excluding hydrogens is 224 g/mol. The molecule has 0 bridgehead atoms. The maximum Gasteiger partial charge on any atom is 0.223 e. The molecule has 0 heterocycles. The molecule has 0 aromatic carbocycles. The van der Waals surface area contributed by atoms with E-state index in [-0.39, 0.29) is 35.7 Å². The molecule has 1 aliphatic carbocycles. The van der Waals surface area contributed by atoms with E-state index in [4.69, 9.17) is 5.73 Å². The normalized spacial score (nSPS) is 23.1. The molecule has 1 saturated carbocycles. The molecule has 0 aromatic heterocycles. The minimum absolute atomic E-state index is 0. The van der Waals surface area contributed by atoms with Gasteiger partial charge >= 0.3 is 0 Å². The van der Waals surface area contributed by atoms with Crippen LogP contribution in [-0.4, -0.2) is 18.5 Å². The number of unbranched alkanes of at least 4 members (excludes halogenated alkanes) is 1. The summed E-state index contributed by atoms with van der Waals surface area (Å²) in [5.74, 6) is 0.416. The fourth-order valence-electron chi connectivity index (χ4n) is 1.92. The number of hydrogen-bond donors (Lipinski definition) is 2. The van der Waals surface area contributed by atoms with Gasteiger partial charge < -0.3 is 11.1 Å². The van der Waals surface area contributed by atoms with Gasteiger partial charge in [0.1, 0.15) is 0 Å². The molecule has 1 aliphatic rings. The van der Waals surface area contributed by atoms with E-state index in [9.17, 15) is 4.79 Å². The van der Waals surface area contributed by atoms with Crippen LogP contribution < -0.4 is 11.1 Å². The largest absolute Gasteiger partial charge is 0.352 e. The van der Waals surface area contributed by atoms with E-state index in [0.29, 0.717) is 6.54 Å². The van der Waals surface area contributed by atoms with Crippen LogP contribution in [0.15, 0.2) is 0 Å². The van der Waals surface area contributed by atoms with E-state index in [1.807, 2.05) is 0 Å². The third-order valence-corrected chi connectivity index (χ3v) is 3.37.